The molecule has 0 unspecified atom stereocenters. The summed E-state index contributed by atoms with van der Waals surface area (Å²) in [5.74, 6) is -0.121. The lowest BCUT2D eigenvalue weighted by molar-refractivity contribution is -0.115. The smallest absolute Gasteiger partial charge is 0.243 e. The molecule has 0 atom stereocenters. The number of aryl methyl sites for hydroxylation is 1. The number of hydrogen-bond acceptors (Lipinski definition) is 2. The summed E-state index contributed by atoms with van der Waals surface area (Å²) < 4.78 is 0. The van der Waals surface area contributed by atoms with Gasteiger partial charge in [-0.25, -0.2) is 0 Å². The lowest BCUT2D eigenvalue weighted by atomic mass is 10.1. The largest absolute Gasteiger partial charge is 0.398 e. The van der Waals surface area contributed by atoms with Crippen LogP contribution in [0.3, 0.4) is 0 Å². The minimum absolute atomic E-state index is 0.121. The predicted molar refractivity (Wildman–Crippen MR) is 58.7 cm³/mol. The number of likely N-dealkylation sites (N-methyl/N-ethyl adjacent to an activating group) is 1. The molecule has 0 radical (unpaired) electrons. The number of benzene rings is 1. The van der Waals surface area contributed by atoms with E-state index in [1.54, 1.807) is 13.1 Å². The molecule has 1 amide bonds. The molecule has 1 aromatic rings. The lowest BCUT2D eigenvalue weighted by Gasteiger charge is -2.00. The molecule has 0 saturated carbocycles. The van der Waals surface area contributed by atoms with E-state index < -0.39 is 0 Å². The highest BCUT2D eigenvalue weighted by Gasteiger charge is 1.94. The Morgan fingerprint density at radius 2 is 2.21 bits per heavy atom. The van der Waals surface area contributed by atoms with Gasteiger partial charge in [-0.3, -0.25) is 4.79 Å². The molecule has 3 heteroatoms. The van der Waals surface area contributed by atoms with E-state index in [1.165, 1.54) is 6.08 Å². The normalized spacial score (nSPS) is 10.4. The van der Waals surface area contributed by atoms with Crippen molar-refractivity contribution in [2.75, 3.05) is 12.8 Å². The SMILES string of the molecule is CNC(=O)/C=C/c1ccc(C)c(N)c1. The van der Waals surface area contributed by atoms with E-state index in [1.807, 2.05) is 25.1 Å². The van der Waals surface area contributed by atoms with Gasteiger partial charge < -0.3 is 11.1 Å². The summed E-state index contributed by atoms with van der Waals surface area (Å²) >= 11 is 0. The maximum absolute atomic E-state index is 10.9. The Kier molecular flexibility index (Phi) is 3.29. The monoisotopic (exact) mass is 190 g/mol. The first-order valence-corrected chi connectivity index (χ1v) is 4.39. The number of carbonyl (C=O) groups is 1. The number of nitrogens with two attached hydrogens (primary N) is 1. The minimum atomic E-state index is -0.121. The molecule has 0 spiro atoms. The second-order valence-corrected chi connectivity index (χ2v) is 3.06. The molecule has 0 aliphatic rings. The van der Waals surface area contributed by atoms with E-state index in [-0.39, 0.29) is 5.91 Å². The zero-order valence-corrected chi connectivity index (χ0v) is 8.37. The summed E-state index contributed by atoms with van der Waals surface area (Å²) in [6, 6.07) is 5.69. The van der Waals surface area contributed by atoms with Gasteiger partial charge in [0.2, 0.25) is 5.91 Å². The number of carbonyl (C=O) groups excluding carboxylic acids is 1. The molecular formula is C11H14N2O. The summed E-state index contributed by atoms with van der Waals surface area (Å²) in [5, 5.41) is 2.50. The highest BCUT2D eigenvalue weighted by atomic mass is 16.1. The van der Waals surface area contributed by atoms with Crippen molar-refractivity contribution in [3.05, 3.63) is 35.4 Å². The van der Waals surface area contributed by atoms with Crippen LogP contribution in [0.15, 0.2) is 24.3 Å². The molecule has 0 aromatic heterocycles. The van der Waals surface area contributed by atoms with Crippen molar-refractivity contribution >= 4 is 17.7 Å². The summed E-state index contributed by atoms with van der Waals surface area (Å²) in [6.45, 7) is 1.95. The number of amides is 1. The molecule has 0 fully saturated rings. The van der Waals surface area contributed by atoms with Gasteiger partial charge >= 0.3 is 0 Å². The van der Waals surface area contributed by atoms with Crippen LogP contribution in [0.2, 0.25) is 0 Å². The Hall–Kier alpha value is -1.77. The first-order chi connectivity index (χ1) is 6.63. The Morgan fingerprint density at radius 3 is 2.79 bits per heavy atom. The van der Waals surface area contributed by atoms with Crippen LogP contribution in [0.1, 0.15) is 11.1 Å². The van der Waals surface area contributed by atoms with Gasteiger partial charge in [-0.15, -0.1) is 0 Å². The van der Waals surface area contributed by atoms with E-state index >= 15 is 0 Å². The van der Waals surface area contributed by atoms with E-state index in [2.05, 4.69) is 5.32 Å². The molecule has 3 N–H and O–H groups in total. The molecule has 0 heterocycles. The van der Waals surface area contributed by atoms with Gasteiger partial charge in [-0.05, 0) is 30.2 Å². The van der Waals surface area contributed by atoms with Crippen molar-refractivity contribution in [3.63, 3.8) is 0 Å². The average Bonchev–Trinajstić information content (AvgIpc) is 2.19. The molecule has 0 aliphatic carbocycles. The van der Waals surface area contributed by atoms with E-state index in [0.29, 0.717) is 0 Å². The van der Waals surface area contributed by atoms with Crippen molar-refractivity contribution in [2.24, 2.45) is 0 Å². The molecule has 74 valence electrons. The van der Waals surface area contributed by atoms with Crippen molar-refractivity contribution in [1.82, 2.24) is 5.32 Å². The van der Waals surface area contributed by atoms with Gasteiger partial charge in [0.15, 0.2) is 0 Å². The molecule has 0 bridgehead atoms. The van der Waals surface area contributed by atoms with Crippen LogP contribution in [-0.2, 0) is 4.79 Å². The Morgan fingerprint density at radius 1 is 1.50 bits per heavy atom. The lowest BCUT2D eigenvalue weighted by Crippen LogP contribution is -2.13. The molecule has 3 nitrogen and oxygen atoms in total. The van der Waals surface area contributed by atoms with Crippen molar-refractivity contribution in [2.45, 2.75) is 6.92 Å². The highest BCUT2D eigenvalue weighted by Crippen LogP contribution is 2.13. The second-order valence-electron chi connectivity index (χ2n) is 3.06. The predicted octanol–water partition coefficient (Wildman–Crippen LogP) is 1.34. The first kappa shape index (κ1) is 10.3. The number of anilines is 1. The van der Waals surface area contributed by atoms with Crippen molar-refractivity contribution < 1.29 is 4.79 Å². The number of rotatable bonds is 2. The molecule has 14 heavy (non-hydrogen) atoms. The molecule has 1 aromatic carbocycles. The topological polar surface area (TPSA) is 55.1 Å². The van der Waals surface area contributed by atoms with Crippen molar-refractivity contribution in [3.8, 4) is 0 Å². The molecule has 0 aliphatic heterocycles. The molecular weight excluding hydrogens is 176 g/mol. The third kappa shape index (κ3) is 2.62. The summed E-state index contributed by atoms with van der Waals surface area (Å²) in [6.07, 6.45) is 3.21. The van der Waals surface area contributed by atoms with Gasteiger partial charge in [-0.1, -0.05) is 12.1 Å². The average molecular weight is 190 g/mol. The zero-order chi connectivity index (χ0) is 10.6. The van der Waals surface area contributed by atoms with Crippen molar-refractivity contribution in [1.29, 1.82) is 0 Å². The Balaban J connectivity index is 2.83. The summed E-state index contributed by atoms with van der Waals surface area (Å²) in [7, 11) is 1.59. The van der Waals surface area contributed by atoms with Gasteiger partial charge in [0, 0.05) is 18.8 Å². The standard InChI is InChI=1S/C11H14N2O/c1-8-3-4-9(7-10(8)12)5-6-11(14)13-2/h3-7H,12H2,1-2H3,(H,13,14)/b6-5+. The fraction of sp³-hybridized carbons (Fsp3) is 0.182. The quantitative estimate of drug-likeness (QED) is 0.546. The van der Waals surface area contributed by atoms with E-state index in [9.17, 15) is 4.79 Å². The van der Waals surface area contributed by atoms with Gasteiger partial charge in [0.1, 0.15) is 0 Å². The summed E-state index contributed by atoms with van der Waals surface area (Å²) in [4.78, 5) is 10.9. The van der Waals surface area contributed by atoms with Crippen LogP contribution in [0.25, 0.3) is 6.08 Å². The molecule has 0 saturated heterocycles. The fourth-order valence-corrected chi connectivity index (χ4v) is 1.02. The first-order valence-electron chi connectivity index (χ1n) is 4.39. The summed E-state index contributed by atoms with van der Waals surface area (Å²) in [5.41, 5.74) is 8.44. The van der Waals surface area contributed by atoms with Crippen LogP contribution in [0.5, 0.6) is 0 Å². The van der Waals surface area contributed by atoms with E-state index in [4.69, 9.17) is 5.73 Å². The third-order valence-corrected chi connectivity index (χ3v) is 1.98. The fourth-order valence-electron chi connectivity index (χ4n) is 1.02. The van der Waals surface area contributed by atoms with E-state index in [0.717, 1.165) is 16.8 Å². The zero-order valence-electron chi connectivity index (χ0n) is 8.37. The number of nitrogen functional groups attached to an aromatic ring is 1. The third-order valence-electron chi connectivity index (χ3n) is 1.98. The second kappa shape index (κ2) is 4.46. The minimum Gasteiger partial charge on any atom is -0.398 e. The van der Waals surface area contributed by atoms with Crippen LogP contribution in [-0.4, -0.2) is 13.0 Å². The van der Waals surface area contributed by atoms with Crippen LogP contribution < -0.4 is 11.1 Å². The highest BCUT2D eigenvalue weighted by molar-refractivity contribution is 5.91. The Bertz CT molecular complexity index is 370. The van der Waals surface area contributed by atoms with Crippen LogP contribution in [0.4, 0.5) is 5.69 Å². The van der Waals surface area contributed by atoms with Gasteiger partial charge in [0.25, 0.3) is 0 Å². The Labute approximate surface area is 83.6 Å². The number of nitrogens with one attached hydrogen (secondary N) is 1. The van der Waals surface area contributed by atoms with Crippen LogP contribution >= 0.6 is 0 Å². The van der Waals surface area contributed by atoms with Crippen LogP contribution in [0, 0.1) is 6.92 Å². The van der Waals surface area contributed by atoms with Gasteiger partial charge in [-0.2, -0.15) is 0 Å². The maximum Gasteiger partial charge on any atom is 0.243 e. The van der Waals surface area contributed by atoms with Gasteiger partial charge in [0.05, 0.1) is 0 Å². The number of hydrogen-bond donors (Lipinski definition) is 2. The molecule has 1 rings (SSSR count). The maximum atomic E-state index is 10.9.